The van der Waals surface area contributed by atoms with Crippen LogP contribution in [0.15, 0.2) is 24.5 Å². The first-order valence-electron chi connectivity index (χ1n) is 6.16. The lowest BCUT2D eigenvalue weighted by Gasteiger charge is -2.08. The molecule has 0 unspecified atom stereocenters. The number of hydrogen-bond donors (Lipinski definition) is 1. The number of pyridine rings is 1. The van der Waals surface area contributed by atoms with Crippen molar-refractivity contribution in [1.82, 2.24) is 20.0 Å². The number of aryl methyl sites for hydroxylation is 1. The van der Waals surface area contributed by atoms with Gasteiger partial charge in [-0.05, 0) is 24.5 Å². The number of aromatic carboxylic acids is 1. The minimum atomic E-state index is -1.07. The highest BCUT2D eigenvalue weighted by Crippen LogP contribution is 2.22. The van der Waals surface area contributed by atoms with Gasteiger partial charge in [-0.15, -0.1) is 5.10 Å². The summed E-state index contributed by atoms with van der Waals surface area (Å²) >= 11 is 0. The van der Waals surface area contributed by atoms with Gasteiger partial charge in [0.05, 0.1) is 0 Å². The van der Waals surface area contributed by atoms with Gasteiger partial charge < -0.3 is 5.11 Å². The minimum Gasteiger partial charge on any atom is -0.476 e. The lowest BCUT2D eigenvalue weighted by molar-refractivity contribution is 0.0691. The summed E-state index contributed by atoms with van der Waals surface area (Å²) in [6.45, 7) is 4.86. The van der Waals surface area contributed by atoms with Gasteiger partial charge in [0.2, 0.25) is 0 Å². The summed E-state index contributed by atoms with van der Waals surface area (Å²) in [5.74, 6) is -0.561. The van der Waals surface area contributed by atoms with E-state index in [-0.39, 0.29) is 5.69 Å². The maximum atomic E-state index is 11.2. The van der Waals surface area contributed by atoms with Gasteiger partial charge in [-0.3, -0.25) is 4.98 Å². The van der Waals surface area contributed by atoms with Crippen LogP contribution in [0.25, 0.3) is 11.3 Å². The van der Waals surface area contributed by atoms with Gasteiger partial charge in [-0.25, -0.2) is 9.48 Å². The standard InChI is InChI=1S/C13H16N4O2/c1-9(2)5-7-17-12(10-4-3-6-14-8-10)11(13(18)19)15-16-17/h3-4,6,8-9H,5,7H2,1-2H3,(H,18,19). The largest absolute Gasteiger partial charge is 0.476 e. The van der Waals surface area contributed by atoms with Crippen molar-refractivity contribution in [3.05, 3.63) is 30.2 Å². The molecule has 2 aromatic rings. The summed E-state index contributed by atoms with van der Waals surface area (Å²) in [6, 6.07) is 3.57. The van der Waals surface area contributed by atoms with Crippen LogP contribution in [0.2, 0.25) is 0 Å². The molecule has 0 amide bonds. The number of aromatic nitrogens is 4. The normalized spacial score (nSPS) is 10.9. The van der Waals surface area contributed by atoms with E-state index in [1.165, 1.54) is 0 Å². The number of carboxylic acid groups (broad SMARTS) is 1. The Morgan fingerprint density at radius 3 is 2.84 bits per heavy atom. The van der Waals surface area contributed by atoms with E-state index in [0.717, 1.165) is 6.42 Å². The number of hydrogen-bond acceptors (Lipinski definition) is 4. The van der Waals surface area contributed by atoms with Crippen LogP contribution in [0.1, 0.15) is 30.8 Å². The Kier molecular flexibility index (Phi) is 3.89. The van der Waals surface area contributed by atoms with Crippen molar-refractivity contribution in [3.63, 3.8) is 0 Å². The number of carbonyl (C=O) groups is 1. The molecule has 6 heteroatoms. The predicted molar refractivity (Wildman–Crippen MR) is 69.7 cm³/mol. The molecular formula is C13H16N4O2. The third kappa shape index (κ3) is 2.96. The fourth-order valence-electron chi connectivity index (χ4n) is 1.78. The van der Waals surface area contributed by atoms with Crippen LogP contribution in [-0.2, 0) is 6.54 Å². The molecule has 6 nitrogen and oxygen atoms in total. The van der Waals surface area contributed by atoms with Gasteiger partial charge in [0, 0.05) is 24.5 Å². The molecule has 2 heterocycles. The maximum absolute atomic E-state index is 11.2. The fraction of sp³-hybridized carbons (Fsp3) is 0.385. The van der Waals surface area contributed by atoms with E-state index in [4.69, 9.17) is 0 Å². The Bertz CT molecular complexity index is 563. The van der Waals surface area contributed by atoms with E-state index >= 15 is 0 Å². The summed E-state index contributed by atoms with van der Waals surface area (Å²) in [5, 5.41) is 16.9. The molecule has 19 heavy (non-hydrogen) atoms. The molecule has 0 aromatic carbocycles. The van der Waals surface area contributed by atoms with Gasteiger partial charge in [0.15, 0.2) is 5.69 Å². The molecule has 0 aliphatic rings. The number of carboxylic acids is 1. The monoisotopic (exact) mass is 260 g/mol. The van der Waals surface area contributed by atoms with Gasteiger partial charge >= 0.3 is 5.97 Å². The van der Waals surface area contributed by atoms with E-state index in [2.05, 4.69) is 29.1 Å². The van der Waals surface area contributed by atoms with Crippen LogP contribution in [0.3, 0.4) is 0 Å². The molecule has 0 spiro atoms. The molecule has 0 atom stereocenters. The molecule has 2 aromatic heterocycles. The molecule has 0 aliphatic heterocycles. The molecule has 0 radical (unpaired) electrons. The van der Waals surface area contributed by atoms with Crippen molar-refractivity contribution in [2.75, 3.05) is 0 Å². The Morgan fingerprint density at radius 1 is 1.47 bits per heavy atom. The molecular weight excluding hydrogens is 244 g/mol. The van der Waals surface area contributed by atoms with E-state index in [9.17, 15) is 9.90 Å². The maximum Gasteiger partial charge on any atom is 0.358 e. The zero-order valence-corrected chi connectivity index (χ0v) is 10.9. The van der Waals surface area contributed by atoms with Gasteiger partial charge in [0.25, 0.3) is 0 Å². The van der Waals surface area contributed by atoms with Crippen LogP contribution in [0, 0.1) is 5.92 Å². The average Bonchev–Trinajstić information content (AvgIpc) is 2.81. The first-order chi connectivity index (χ1) is 9.09. The molecule has 1 N–H and O–H groups in total. The predicted octanol–water partition coefficient (Wildman–Crippen LogP) is 2.08. The Labute approximate surface area is 111 Å². The Balaban J connectivity index is 2.42. The van der Waals surface area contributed by atoms with Crippen molar-refractivity contribution in [2.24, 2.45) is 5.92 Å². The summed E-state index contributed by atoms with van der Waals surface area (Å²) in [5.41, 5.74) is 1.20. The quantitative estimate of drug-likeness (QED) is 0.890. The van der Waals surface area contributed by atoms with Crippen molar-refractivity contribution in [1.29, 1.82) is 0 Å². The first kappa shape index (κ1) is 13.2. The van der Waals surface area contributed by atoms with Crippen LogP contribution in [0.4, 0.5) is 0 Å². The summed E-state index contributed by atoms with van der Waals surface area (Å²) in [6.07, 6.45) is 4.18. The Morgan fingerprint density at radius 2 is 2.26 bits per heavy atom. The molecule has 0 bridgehead atoms. The number of nitrogens with zero attached hydrogens (tertiary/aromatic N) is 4. The Hall–Kier alpha value is -2.24. The zero-order valence-electron chi connectivity index (χ0n) is 10.9. The second kappa shape index (κ2) is 5.60. The zero-order chi connectivity index (χ0) is 13.8. The SMILES string of the molecule is CC(C)CCn1nnc(C(=O)O)c1-c1cccnc1. The topological polar surface area (TPSA) is 80.9 Å². The van der Waals surface area contributed by atoms with E-state index in [1.54, 1.807) is 23.1 Å². The van der Waals surface area contributed by atoms with Crippen LogP contribution in [0.5, 0.6) is 0 Å². The van der Waals surface area contributed by atoms with Crippen LogP contribution < -0.4 is 0 Å². The van der Waals surface area contributed by atoms with Crippen molar-refractivity contribution in [3.8, 4) is 11.3 Å². The first-order valence-corrected chi connectivity index (χ1v) is 6.16. The molecule has 0 aliphatic carbocycles. The third-order valence-corrected chi connectivity index (χ3v) is 2.79. The lowest BCUT2D eigenvalue weighted by Crippen LogP contribution is -2.07. The molecule has 0 fully saturated rings. The van der Waals surface area contributed by atoms with E-state index < -0.39 is 5.97 Å². The minimum absolute atomic E-state index is 0.0308. The summed E-state index contributed by atoms with van der Waals surface area (Å²) < 4.78 is 1.64. The molecule has 100 valence electrons. The second-order valence-electron chi connectivity index (χ2n) is 4.74. The molecule has 0 saturated heterocycles. The smallest absolute Gasteiger partial charge is 0.358 e. The van der Waals surface area contributed by atoms with Crippen molar-refractivity contribution in [2.45, 2.75) is 26.8 Å². The van der Waals surface area contributed by atoms with Crippen LogP contribution in [-0.4, -0.2) is 31.1 Å². The van der Waals surface area contributed by atoms with Gasteiger partial charge in [0.1, 0.15) is 5.69 Å². The van der Waals surface area contributed by atoms with Gasteiger partial charge in [-0.2, -0.15) is 0 Å². The van der Waals surface area contributed by atoms with E-state index in [0.29, 0.717) is 23.7 Å². The summed E-state index contributed by atoms with van der Waals surface area (Å²) in [4.78, 5) is 15.2. The second-order valence-corrected chi connectivity index (χ2v) is 4.74. The highest BCUT2D eigenvalue weighted by molar-refractivity contribution is 5.92. The third-order valence-electron chi connectivity index (χ3n) is 2.79. The van der Waals surface area contributed by atoms with Crippen molar-refractivity contribution < 1.29 is 9.90 Å². The summed E-state index contributed by atoms with van der Waals surface area (Å²) in [7, 11) is 0. The van der Waals surface area contributed by atoms with E-state index in [1.807, 2.05) is 6.07 Å². The number of rotatable bonds is 5. The van der Waals surface area contributed by atoms with Crippen molar-refractivity contribution >= 4 is 5.97 Å². The lowest BCUT2D eigenvalue weighted by atomic mass is 10.1. The average molecular weight is 260 g/mol. The molecule has 0 saturated carbocycles. The van der Waals surface area contributed by atoms with Gasteiger partial charge in [-0.1, -0.05) is 19.1 Å². The highest BCUT2D eigenvalue weighted by Gasteiger charge is 2.20. The molecule has 2 rings (SSSR count). The fourth-order valence-corrected chi connectivity index (χ4v) is 1.78. The highest BCUT2D eigenvalue weighted by atomic mass is 16.4. The van der Waals surface area contributed by atoms with Crippen LogP contribution >= 0.6 is 0 Å².